The highest BCUT2D eigenvalue weighted by Crippen LogP contribution is 2.43. The van der Waals surface area contributed by atoms with Crippen molar-refractivity contribution in [1.29, 1.82) is 0 Å². The molecule has 0 aliphatic carbocycles. The van der Waals surface area contributed by atoms with Gasteiger partial charge < -0.3 is 14.2 Å². The Balaban J connectivity index is 1.88. The average molecular weight is 464 g/mol. The Hall–Kier alpha value is -3.87. The molecule has 1 saturated heterocycles. The third-order valence-corrected chi connectivity index (χ3v) is 5.47. The van der Waals surface area contributed by atoms with Crippen molar-refractivity contribution in [2.24, 2.45) is 0 Å². The highest BCUT2D eigenvalue weighted by Gasteiger charge is 2.52. The van der Waals surface area contributed by atoms with E-state index in [0.29, 0.717) is 23.4 Å². The molecule has 1 amide bonds. The van der Waals surface area contributed by atoms with Crippen molar-refractivity contribution < 1.29 is 28.6 Å². The van der Waals surface area contributed by atoms with E-state index in [1.807, 2.05) is 31.2 Å². The molecule has 0 radical (unpaired) electrons. The van der Waals surface area contributed by atoms with Gasteiger partial charge in [-0.25, -0.2) is 0 Å². The molecular weight excluding hydrogens is 434 g/mol. The average Bonchev–Trinajstić information content (AvgIpc) is 2.87. The number of allylic oxidation sites excluding steroid dienone is 2. The highest BCUT2D eigenvalue weighted by molar-refractivity contribution is 6.06. The minimum absolute atomic E-state index is 0.0233. The molecule has 1 aliphatic rings. The van der Waals surface area contributed by atoms with E-state index in [4.69, 9.17) is 14.2 Å². The van der Waals surface area contributed by atoms with Crippen LogP contribution in [0.5, 0.6) is 5.75 Å². The number of carbonyl (C=O) groups is 3. The topological polar surface area (TPSA) is 82.1 Å². The van der Waals surface area contributed by atoms with Gasteiger partial charge in [0.2, 0.25) is 6.10 Å². The number of benzene rings is 2. The lowest BCUT2D eigenvalue weighted by Crippen LogP contribution is -2.61. The van der Waals surface area contributed by atoms with Crippen molar-refractivity contribution in [2.45, 2.75) is 44.9 Å². The summed E-state index contributed by atoms with van der Waals surface area (Å²) in [6.07, 6.45) is 4.99. The first-order valence-electron chi connectivity index (χ1n) is 11.1. The summed E-state index contributed by atoms with van der Waals surface area (Å²) in [5.74, 6) is -0.472. The van der Waals surface area contributed by atoms with Crippen LogP contribution in [0.1, 0.15) is 43.4 Å². The molecule has 0 unspecified atom stereocenters. The maximum absolute atomic E-state index is 13.2. The Kier molecular flexibility index (Phi) is 8.62. The molecule has 1 fully saturated rings. The summed E-state index contributed by atoms with van der Waals surface area (Å²) in [6.45, 7) is 5.47. The van der Waals surface area contributed by atoms with Gasteiger partial charge in [-0.05, 0) is 37.1 Å². The number of para-hydroxylation sites is 1. The largest absolute Gasteiger partial charge is 0.497 e. The molecule has 178 valence electrons. The van der Waals surface area contributed by atoms with E-state index in [2.05, 4.69) is 6.58 Å². The SMILES string of the molecule is C=CCCC(=O)O[C@@H]1C(=O)N(c2ccccc2COC(=O)C/C=C/C)[C@H]1c1ccc(OC)cc1. The lowest BCUT2D eigenvalue weighted by molar-refractivity contribution is -0.162. The second kappa shape index (κ2) is 11.8. The van der Waals surface area contributed by atoms with Crippen LogP contribution in [0.25, 0.3) is 0 Å². The van der Waals surface area contributed by atoms with Gasteiger partial charge in [-0.15, -0.1) is 6.58 Å². The zero-order chi connectivity index (χ0) is 24.5. The van der Waals surface area contributed by atoms with Gasteiger partial charge in [0.1, 0.15) is 18.4 Å². The molecule has 7 heteroatoms. The van der Waals surface area contributed by atoms with Crippen LogP contribution < -0.4 is 9.64 Å². The van der Waals surface area contributed by atoms with Gasteiger partial charge >= 0.3 is 11.9 Å². The number of carbonyl (C=O) groups excluding carboxylic acids is 3. The van der Waals surface area contributed by atoms with Crippen LogP contribution in [0, 0.1) is 0 Å². The quantitative estimate of drug-likeness (QED) is 0.274. The molecule has 0 spiro atoms. The minimum atomic E-state index is -0.948. The van der Waals surface area contributed by atoms with Crippen molar-refractivity contribution >= 4 is 23.5 Å². The third kappa shape index (κ3) is 5.73. The fraction of sp³-hybridized carbons (Fsp3) is 0.296. The molecular formula is C27H29NO6. The van der Waals surface area contributed by atoms with Crippen LogP contribution in [0.2, 0.25) is 0 Å². The smallest absolute Gasteiger partial charge is 0.309 e. The van der Waals surface area contributed by atoms with Crippen LogP contribution in [-0.4, -0.2) is 31.1 Å². The number of esters is 2. The molecule has 3 rings (SSSR count). The summed E-state index contributed by atoms with van der Waals surface area (Å²) < 4.78 is 16.2. The van der Waals surface area contributed by atoms with Gasteiger partial charge in [-0.2, -0.15) is 0 Å². The second-order valence-corrected chi connectivity index (χ2v) is 7.73. The summed E-state index contributed by atoms with van der Waals surface area (Å²) in [5, 5.41) is 0. The summed E-state index contributed by atoms with van der Waals surface area (Å²) >= 11 is 0. The molecule has 2 aromatic carbocycles. The number of methoxy groups -OCH3 is 1. The number of anilines is 1. The van der Waals surface area contributed by atoms with Crippen LogP contribution in [-0.2, 0) is 30.5 Å². The third-order valence-electron chi connectivity index (χ3n) is 5.47. The number of β-lactam (4-membered cyclic amide) rings is 1. The van der Waals surface area contributed by atoms with Crippen LogP contribution in [0.15, 0.2) is 73.3 Å². The summed E-state index contributed by atoms with van der Waals surface area (Å²) in [5.41, 5.74) is 2.08. The number of ether oxygens (including phenoxy) is 3. The van der Waals surface area contributed by atoms with Crippen LogP contribution in [0.4, 0.5) is 5.69 Å². The van der Waals surface area contributed by atoms with Crippen molar-refractivity contribution in [3.63, 3.8) is 0 Å². The normalized spacial score (nSPS) is 17.2. The van der Waals surface area contributed by atoms with E-state index in [1.165, 1.54) is 0 Å². The Morgan fingerprint density at radius 3 is 2.50 bits per heavy atom. The van der Waals surface area contributed by atoms with Gasteiger partial charge in [0.25, 0.3) is 5.91 Å². The summed E-state index contributed by atoms with van der Waals surface area (Å²) in [4.78, 5) is 39.0. The molecule has 7 nitrogen and oxygen atoms in total. The van der Waals surface area contributed by atoms with E-state index in [1.54, 1.807) is 54.5 Å². The fourth-order valence-corrected chi connectivity index (χ4v) is 3.69. The predicted molar refractivity (Wildman–Crippen MR) is 128 cm³/mol. The summed E-state index contributed by atoms with van der Waals surface area (Å²) in [7, 11) is 1.58. The predicted octanol–water partition coefficient (Wildman–Crippen LogP) is 4.67. The monoisotopic (exact) mass is 463 g/mol. The molecule has 0 bridgehead atoms. The maximum atomic E-state index is 13.2. The van der Waals surface area contributed by atoms with E-state index in [-0.39, 0.29) is 31.3 Å². The maximum Gasteiger partial charge on any atom is 0.309 e. The lowest BCUT2D eigenvalue weighted by Gasteiger charge is -2.46. The van der Waals surface area contributed by atoms with Gasteiger partial charge in [0, 0.05) is 12.0 Å². The van der Waals surface area contributed by atoms with Crippen molar-refractivity contribution in [1.82, 2.24) is 0 Å². The Labute approximate surface area is 199 Å². The number of nitrogens with zero attached hydrogens (tertiary/aromatic N) is 1. The van der Waals surface area contributed by atoms with Gasteiger partial charge in [-0.3, -0.25) is 19.3 Å². The van der Waals surface area contributed by atoms with Crippen molar-refractivity contribution in [3.8, 4) is 5.75 Å². The zero-order valence-electron chi connectivity index (χ0n) is 19.4. The summed E-state index contributed by atoms with van der Waals surface area (Å²) in [6, 6.07) is 14.0. The molecule has 34 heavy (non-hydrogen) atoms. The number of hydrogen-bond donors (Lipinski definition) is 0. The molecule has 1 heterocycles. The standard InChI is InChI=1S/C27H29NO6/c1-4-6-12-23(29)33-18-20-10-8-9-11-22(20)28-25(19-14-16-21(32-3)17-15-19)26(27(28)31)34-24(30)13-7-5-2/h4-6,8-11,14-17,25-26H,2,7,12-13,18H2,1,3H3/b6-4+/t25-,26-/m0/s1. The minimum Gasteiger partial charge on any atom is -0.497 e. The molecule has 2 atom stereocenters. The lowest BCUT2D eigenvalue weighted by atomic mass is 9.89. The number of rotatable bonds is 11. The van der Waals surface area contributed by atoms with E-state index < -0.39 is 18.1 Å². The van der Waals surface area contributed by atoms with Gasteiger partial charge in [-0.1, -0.05) is 48.6 Å². The Bertz CT molecular complexity index is 1060. The van der Waals surface area contributed by atoms with E-state index in [0.717, 1.165) is 5.56 Å². The Morgan fingerprint density at radius 1 is 1.09 bits per heavy atom. The number of hydrogen-bond acceptors (Lipinski definition) is 6. The first-order valence-corrected chi connectivity index (χ1v) is 11.1. The molecule has 1 aliphatic heterocycles. The first-order chi connectivity index (χ1) is 16.5. The van der Waals surface area contributed by atoms with E-state index >= 15 is 0 Å². The zero-order valence-corrected chi connectivity index (χ0v) is 19.4. The van der Waals surface area contributed by atoms with E-state index in [9.17, 15) is 14.4 Å². The molecule has 0 saturated carbocycles. The molecule has 0 aromatic heterocycles. The Morgan fingerprint density at radius 2 is 1.82 bits per heavy atom. The second-order valence-electron chi connectivity index (χ2n) is 7.73. The fourth-order valence-electron chi connectivity index (χ4n) is 3.69. The molecule has 0 N–H and O–H groups in total. The first kappa shape index (κ1) is 24.8. The highest BCUT2D eigenvalue weighted by atomic mass is 16.6. The van der Waals surface area contributed by atoms with Crippen molar-refractivity contribution in [3.05, 3.63) is 84.5 Å². The number of amides is 1. The van der Waals surface area contributed by atoms with Gasteiger partial charge in [0.15, 0.2) is 0 Å². The van der Waals surface area contributed by atoms with Crippen molar-refractivity contribution in [2.75, 3.05) is 12.0 Å². The van der Waals surface area contributed by atoms with Crippen LogP contribution in [0.3, 0.4) is 0 Å². The van der Waals surface area contributed by atoms with Gasteiger partial charge in [0.05, 0.1) is 19.2 Å². The molecule has 2 aromatic rings. The van der Waals surface area contributed by atoms with Crippen LogP contribution >= 0.6 is 0 Å².